The summed E-state index contributed by atoms with van der Waals surface area (Å²) in [7, 11) is 0. The molecule has 6 rings (SSSR count). The van der Waals surface area contributed by atoms with Crippen LogP contribution >= 0.6 is 0 Å². The summed E-state index contributed by atoms with van der Waals surface area (Å²) in [6.07, 6.45) is 3.13. The summed E-state index contributed by atoms with van der Waals surface area (Å²) in [4.78, 5) is 32.0. The zero-order valence-electron chi connectivity index (χ0n) is 23.0. The van der Waals surface area contributed by atoms with Gasteiger partial charge in [0.2, 0.25) is 5.91 Å². The number of benzene rings is 2. The molecule has 2 fully saturated rings. The number of halogens is 1. The standard InChI is InChI=1S/C32H33FN6O3/c33-23-10-8-21(9-11-23)26-16-22-17-38(19-27(22)26)18-24-12-14-39(37-24)31-25(7-4-13-35-31)32(42)36-28(29(40)30(34)41)15-20-5-2-1-3-6-20/h1-14,22,26-29,40H,15-19H2,(H2,34,41)(H,36,42)/t22?,26-,27?,28?,29?/m0/s1. The van der Waals surface area contributed by atoms with Crippen molar-refractivity contribution in [3.8, 4) is 5.82 Å². The number of aliphatic hydroxyl groups is 1. The quantitative estimate of drug-likeness (QED) is 0.270. The number of nitrogens with zero attached hydrogens (tertiary/aromatic N) is 4. The van der Waals surface area contributed by atoms with Gasteiger partial charge in [-0.05, 0) is 72.1 Å². The van der Waals surface area contributed by atoms with Crippen molar-refractivity contribution < 1.29 is 19.1 Å². The fourth-order valence-electron chi connectivity index (χ4n) is 6.33. The third kappa shape index (κ3) is 5.81. The summed E-state index contributed by atoms with van der Waals surface area (Å²) in [5, 5.41) is 18.0. The summed E-state index contributed by atoms with van der Waals surface area (Å²) in [6.45, 7) is 2.63. The van der Waals surface area contributed by atoms with Crippen LogP contribution in [0.15, 0.2) is 85.2 Å². The highest BCUT2D eigenvalue weighted by atomic mass is 19.1. The van der Waals surface area contributed by atoms with E-state index < -0.39 is 24.0 Å². The molecule has 42 heavy (non-hydrogen) atoms. The molecule has 2 aromatic heterocycles. The minimum Gasteiger partial charge on any atom is -0.381 e. The van der Waals surface area contributed by atoms with Gasteiger partial charge < -0.3 is 16.2 Å². The van der Waals surface area contributed by atoms with E-state index in [1.54, 1.807) is 29.2 Å². The van der Waals surface area contributed by atoms with E-state index in [9.17, 15) is 19.1 Å². The van der Waals surface area contributed by atoms with Gasteiger partial charge >= 0.3 is 0 Å². The molecule has 0 spiro atoms. The SMILES string of the molecule is NC(=O)C(O)C(Cc1ccccc1)NC(=O)c1cccnc1-n1ccc(CN2CC3C[C@@H](c4ccc(F)cc4)C3C2)n1. The number of fused-ring (bicyclic) bond motifs is 1. The van der Waals surface area contributed by atoms with Crippen molar-refractivity contribution in [2.24, 2.45) is 17.6 Å². The number of carbonyl (C=O) groups excluding carboxylic acids is 2. The van der Waals surface area contributed by atoms with Crippen LogP contribution in [-0.4, -0.2) is 61.8 Å². The minimum absolute atomic E-state index is 0.206. The van der Waals surface area contributed by atoms with E-state index in [4.69, 9.17) is 10.8 Å². The van der Waals surface area contributed by atoms with Crippen LogP contribution in [0.5, 0.6) is 0 Å². The van der Waals surface area contributed by atoms with Crippen LogP contribution in [0.1, 0.15) is 39.5 Å². The van der Waals surface area contributed by atoms with Gasteiger partial charge in [-0.15, -0.1) is 0 Å². The summed E-state index contributed by atoms with van der Waals surface area (Å²) in [5.74, 6) is 0.369. The van der Waals surface area contributed by atoms with Gasteiger partial charge in [0.15, 0.2) is 11.9 Å². The minimum atomic E-state index is -1.57. The number of hydrogen-bond donors (Lipinski definition) is 3. The Kier molecular flexibility index (Phi) is 7.82. The Labute approximate surface area is 243 Å². The number of amides is 2. The molecule has 2 amide bonds. The molecule has 0 radical (unpaired) electrons. The molecule has 2 aromatic carbocycles. The first-order valence-corrected chi connectivity index (χ1v) is 14.2. The van der Waals surface area contributed by atoms with Gasteiger partial charge in [-0.25, -0.2) is 14.1 Å². The molecule has 1 aliphatic heterocycles. The van der Waals surface area contributed by atoms with Gasteiger partial charge in [0.1, 0.15) is 5.82 Å². The van der Waals surface area contributed by atoms with E-state index >= 15 is 0 Å². The molecular weight excluding hydrogens is 535 g/mol. The average molecular weight is 569 g/mol. The molecule has 1 saturated carbocycles. The Balaban J connectivity index is 1.13. The van der Waals surface area contributed by atoms with Crippen LogP contribution in [0, 0.1) is 17.7 Å². The highest BCUT2D eigenvalue weighted by molar-refractivity contribution is 5.97. The van der Waals surface area contributed by atoms with Gasteiger partial charge in [0, 0.05) is 32.0 Å². The third-order valence-corrected chi connectivity index (χ3v) is 8.50. The number of pyridine rings is 1. The predicted molar refractivity (Wildman–Crippen MR) is 154 cm³/mol. The molecule has 3 heterocycles. The second-order valence-electron chi connectivity index (χ2n) is 11.3. The summed E-state index contributed by atoms with van der Waals surface area (Å²) >= 11 is 0. The van der Waals surface area contributed by atoms with E-state index in [-0.39, 0.29) is 17.8 Å². The van der Waals surface area contributed by atoms with Crippen LogP contribution in [0.3, 0.4) is 0 Å². The molecule has 1 saturated heterocycles. The molecule has 4 aromatic rings. The number of aromatic nitrogens is 3. The second kappa shape index (κ2) is 11.8. The zero-order valence-corrected chi connectivity index (χ0v) is 23.0. The lowest BCUT2D eigenvalue weighted by Crippen LogP contribution is -2.50. The number of primary amides is 1. The molecule has 4 N–H and O–H groups in total. The van der Waals surface area contributed by atoms with Gasteiger partial charge in [0.25, 0.3) is 5.91 Å². The lowest BCUT2D eigenvalue weighted by Gasteiger charge is -2.40. The van der Waals surface area contributed by atoms with Gasteiger partial charge in [-0.3, -0.25) is 14.5 Å². The van der Waals surface area contributed by atoms with E-state index in [1.165, 1.54) is 17.7 Å². The topological polar surface area (TPSA) is 126 Å². The molecule has 1 aliphatic carbocycles. The van der Waals surface area contributed by atoms with Gasteiger partial charge in [-0.2, -0.15) is 5.10 Å². The van der Waals surface area contributed by atoms with Crippen molar-refractivity contribution in [2.45, 2.75) is 37.5 Å². The molecule has 2 aliphatic rings. The third-order valence-electron chi connectivity index (χ3n) is 8.50. The van der Waals surface area contributed by atoms with Crippen LogP contribution in [0.25, 0.3) is 5.82 Å². The smallest absolute Gasteiger partial charge is 0.255 e. The fraction of sp³-hybridized carbons (Fsp3) is 0.312. The maximum Gasteiger partial charge on any atom is 0.255 e. The Bertz CT molecular complexity index is 1560. The second-order valence-corrected chi connectivity index (χ2v) is 11.3. The lowest BCUT2D eigenvalue weighted by atomic mass is 9.64. The van der Waals surface area contributed by atoms with Crippen molar-refractivity contribution in [3.63, 3.8) is 0 Å². The molecule has 5 atom stereocenters. The average Bonchev–Trinajstić information content (AvgIpc) is 3.58. The fourth-order valence-corrected chi connectivity index (χ4v) is 6.33. The molecule has 9 nitrogen and oxygen atoms in total. The number of likely N-dealkylation sites (tertiary alicyclic amines) is 1. The molecule has 216 valence electrons. The van der Waals surface area contributed by atoms with E-state index in [0.29, 0.717) is 30.1 Å². The predicted octanol–water partition coefficient (Wildman–Crippen LogP) is 2.83. The number of nitrogens with one attached hydrogen (secondary N) is 1. The van der Waals surface area contributed by atoms with E-state index in [0.717, 1.165) is 30.8 Å². The molecule has 0 bridgehead atoms. The molecule has 4 unspecified atom stereocenters. The van der Waals surface area contributed by atoms with Crippen LogP contribution in [0.4, 0.5) is 4.39 Å². The first-order valence-electron chi connectivity index (χ1n) is 14.2. The van der Waals surface area contributed by atoms with Crippen molar-refractivity contribution in [1.29, 1.82) is 0 Å². The van der Waals surface area contributed by atoms with Crippen LogP contribution in [-0.2, 0) is 17.8 Å². The largest absolute Gasteiger partial charge is 0.381 e. The van der Waals surface area contributed by atoms with E-state index in [2.05, 4.69) is 15.2 Å². The number of rotatable bonds is 10. The number of nitrogens with two attached hydrogens (primary N) is 1. The Morgan fingerprint density at radius 3 is 2.60 bits per heavy atom. The van der Waals surface area contributed by atoms with Crippen LogP contribution < -0.4 is 11.1 Å². The number of carbonyl (C=O) groups is 2. The summed E-state index contributed by atoms with van der Waals surface area (Å²) in [6, 6.07) is 20.4. The number of aliphatic hydroxyl groups excluding tert-OH is 1. The Morgan fingerprint density at radius 1 is 1.05 bits per heavy atom. The Morgan fingerprint density at radius 2 is 1.83 bits per heavy atom. The van der Waals surface area contributed by atoms with Crippen molar-refractivity contribution >= 4 is 11.8 Å². The van der Waals surface area contributed by atoms with Crippen molar-refractivity contribution in [1.82, 2.24) is 25.0 Å². The normalized spacial score (nSPS) is 21.2. The van der Waals surface area contributed by atoms with Gasteiger partial charge in [-0.1, -0.05) is 42.5 Å². The number of hydrogen-bond acceptors (Lipinski definition) is 6. The van der Waals surface area contributed by atoms with Crippen molar-refractivity contribution in [3.05, 3.63) is 113 Å². The highest BCUT2D eigenvalue weighted by Gasteiger charge is 2.47. The first kappa shape index (κ1) is 27.7. The summed E-state index contributed by atoms with van der Waals surface area (Å²) < 4.78 is 14.9. The first-order chi connectivity index (χ1) is 20.4. The zero-order chi connectivity index (χ0) is 29.2. The van der Waals surface area contributed by atoms with E-state index in [1.807, 2.05) is 48.5 Å². The van der Waals surface area contributed by atoms with Gasteiger partial charge in [0.05, 0.1) is 17.3 Å². The van der Waals surface area contributed by atoms with Crippen LogP contribution in [0.2, 0.25) is 0 Å². The maximum absolute atomic E-state index is 13.4. The summed E-state index contributed by atoms with van der Waals surface area (Å²) in [5.41, 5.74) is 8.53. The Hall–Kier alpha value is -4.41. The maximum atomic E-state index is 13.4. The highest BCUT2D eigenvalue weighted by Crippen LogP contribution is 2.51. The lowest BCUT2D eigenvalue weighted by molar-refractivity contribution is -0.127. The van der Waals surface area contributed by atoms with Crippen molar-refractivity contribution in [2.75, 3.05) is 13.1 Å². The molecular formula is C32H33FN6O3. The molecule has 10 heteroatoms. The monoisotopic (exact) mass is 568 g/mol.